The number of aliphatic imine (C=N–C) groups is 1. The standard InChI is InChI=1S/C14H16ClN5/c1-8(2)10-6-9-7-17-14(15)19-13(9)20(10)12-5-3-4-11(16)18-12/h3-8,14,19H,1-2H3,(H2,16,18). The minimum atomic E-state index is -0.461. The highest BCUT2D eigenvalue weighted by molar-refractivity contribution is 6.22. The van der Waals surface area contributed by atoms with Gasteiger partial charge in [0.25, 0.3) is 0 Å². The number of nitrogen functional groups attached to an aromatic ring is 1. The predicted molar refractivity (Wildman–Crippen MR) is 82.9 cm³/mol. The molecule has 5 nitrogen and oxygen atoms in total. The number of hydrogen-bond acceptors (Lipinski definition) is 4. The lowest BCUT2D eigenvalue weighted by molar-refractivity contribution is 0.777. The predicted octanol–water partition coefficient (Wildman–Crippen LogP) is 2.94. The summed E-state index contributed by atoms with van der Waals surface area (Å²) in [5, 5.41) is 3.17. The van der Waals surface area contributed by atoms with E-state index in [4.69, 9.17) is 17.3 Å². The third-order valence-electron chi connectivity index (χ3n) is 3.24. The summed E-state index contributed by atoms with van der Waals surface area (Å²) in [6, 6.07) is 7.69. The Labute approximate surface area is 122 Å². The number of anilines is 2. The Morgan fingerprint density at radius 3 is 2.90 bits per heavy atom. The number of fused-ring (bicyclic) bond motifs is 1. The van der Waals surface area contributed by atoms with Gasteiger partial charge in [-0.05, 0) is 24.1 Å². The van der Waals surface area contributed by atoms with E-state index in [0.29, 0.717) is 11.7 Å². The Hall–Kier alpha value is -2.01. The van der Waals surface area contributed by atoms with Crippen molar-refractivity contribution in [3.63, 3.8) is 0 Å². The van der Waals surface area contributed by atoms with E-state index in [1.807, 2.05) is 12.1 Å². The van der Waals surface area contributed by atoms with Crippen LogP contribution in [0.5, 0.6) is 0 Å². The number of alkyl halides is 1. The number of rotatable bonds is 2. The van der Waals surface area contributed by atoms with E-state index >= 15 is 0 Å². The summed E-state index contributed by atoms with van der Waals surface area (Å²) in [5.74, 6) is 2.52. The van der Waals surface area contributed by atoms with Crippen LogP contribution in [0.2, 0.25) is 0 Å². The van der Waals surface area contributed by atoms with Gasteiger partial charge in [0, 0.05) is 17.5 Å². The van der Waals surface area contributed by atoms with E-state index < -0.39 is 5.62 Å². The Morgan fingerprint density at radius 1 is 1.40 bits per heavy atom. The quantitative estimate of drug-likeness (QED) is 0.660. The van der Waals surface area contributed by atoms with Crippen molar-refractivity contribution in [1.82, 2.24) is 9.55 Å². The maximum atomic E-state index is 6.06. The van der Waals surface area contributed by atoms with Crippen LogP contribution in [0.4, 0.5) is 11.6 Å². The average molecular weight is 290 g/mol. The smallest absolute Gasteiger partial charge is 0.196 e. The molecule has 1 atom stereocenters. The first-order valence-corrected chi connectivity index (χ1v) is 6.92. The van der Waals surface area contributed by atoms with E-state index in [1.54, 1.807) is 12.3 Å². The van der Waals surface area contributed by atoms with Crippen molar-refractivity contribution in [2.24, 2.45) is 4.99 Å². The molecule has 0 amide bonds. The molecular weight excluding hydrogens is 274 g/mol. The van der Waals surface area contributed by atoms with Crippen LogP contribution in [-0.4, -0.2) is 21.4 Å². The van der Waals surface area contributed by atoms with Gasteiger partial charge in [0.15, 0.2) is 5.62 Å². The summed E-state index contributed by atoms with van der Waals surface area (Å²) in [6.45, 7) is 4.28. The third kappa shape index (κ3) is 2.14. The van der Waals surface area contributed by atoms with Crippen LogP contribution in [0.3, 0.4) is 0 Å². The van der Waals surface area contributed by atoms with Crippen molar-refractivity contribution < 1.29 is 0 Å². The van der Waals surface area contributed by atoms with Gasteiger partial charge in [0.2, 0.25) is 0 Å². The van der Waals surface area contributed by atoms with Crippen molar-refractivity contribution in [3.05, 3.63) is 35.5 Å². The molecule has 3 N–H and O–H groups in total. The van der Waals surface area contributed by atoms with Gasteiger partial charge >= 0.3 is 0 Å². The molecule has 0 spiro atoms. The molecule has 0 bridgehead atoms. The number of aromatic nitrogens is 2. The molecule has 0 aliphatic carbocycles. The van der Waals surface area contributed by atoms with Crippen LogP contribution < -0.4 is 11.1 Å². The third-order valence-corrected chi connectivity index (χ3v) is 3.46. The van der Waals surface area contributed by atoms with Crippen molar-refractivity contribution in [2.75, 3.05) is 11.1 Å². The molecule has 0 saturated carbocycles. The van der Waals surface area contributed by atoms with E-state index in [0.717, 1.165) is 22.9 Å². The molecule has 1 unspecified atom stereocenters. The molecule has 104 valence electrons. The zero-order valence-electron chi connectivity index (χ0n) is 11.3. The highest BCUT2D eigenvalue weighted by Gasteiger charge is 2.22. The topological polar surface area (TPSA) is 68.2 Å². The van der Waals surface area contributed by atoms with Gasteiger partial charge in [-0.3, -0.25) is 9.56 Å². The summed E-state index contributed by atoms with van der Waals surface area (Å²) >= 11 is 6.06. The lowest BCUT2D eigenvalue weighted by Crippen LogP contribution is -2.18. The number of nitrogens with two attached hydrogens (primary N) is 1. The summed E-state index contributed by atoms with van der Waals surface area (Å²) < 4.78 is 2.05. The monoisotopic (exact) mass is 289 g/mol. The molecule has 6 heteroatoms. The molecule has 1 aliphatic heterocycles. The van der Waals surface area contributed by atoms with Gasteiger partial charge in [0.1, 0.15) is 17.5 Å². The van der Waals surface area contributed by atoms with E-state index in [2.05, 4.69) is 39.8 Å². The van der Waals surface area contributed by atoms with Crippen molar-refractivity contribution >= 4 is 29.5 Å². The number of halogens is 1. The molecule has 0 saturated heterocycles. The first kappa shape index (κ1) is 13.0. The van der Waals surface area contributed by atoms with Gasteiger partial charge < -0.3 is 11.1 Å². The number of nitrogens with zero attached hydrogens (tertiary/aromatic N) is 3. The van der Waals surface area contributed by atoms with E-state index in [-0.39, 0.29) is 0 Å². The van der Waals surface area contributed by atoms with Gasteiger partial charge in [0.05, 0.1) is 0 Å². The van der Waals surface area contributed by atoms with E-state index in [1.165, 1.54) is 0 Å². The Kier molecular flexibility index (Phi) is 3.14. The molecule has 1 aliphatic rings. The first-order chi connectivity index (χ1) is 9.56. The zero-order valence-corrected chi connectivity index (χ0v) is 12.1. The second kappa shape index (κ2) is 4.83. The summed E-state index contributed by atoms with van der Waals surface area (Å²) in [7, 11) is 0. The Bertz CT molecular complexity index is 674. The van der Waals surface area contributed by atoms with Crippen LogP contribution in [0.15, 0.2) is 29.3 Å². The largest absolute Gasteiger partial charge is 0.384 e. The maximum Gasteiger partial charge on any atom is 0.196 e. The number of pyridine rings is 1. The Morgan fingerprint density at radius 2 is 2.20 bits per heavy atom. The van der Waals surface area contributed by atoms with Crippen LogP contribution in [0.25, 0.3) is 5.82 Å². The lowest BCUT2D eigenvalue weighted by Gasteiger charge is -2.19. The molecule has 3 rings (SSSR count). The summed E-state index contributed by atoms with van der Waals surface area (Å²) in [4.78, 5) is 8.57. The Balaban J connectivity index is 2.23. The maximum absolute atomic E-state index is 6.06. The molecule has 3 heterocycles. The lowest BCUT2D eigenvalue weighted by atomic mass is 10.1. The first-order valence-electron chi connectivity index (χ1n) is 6.48. The fourth-order valence-electron chi connectivity index (χ4n) is 2.33. The second-order valence-electron chi connectivity index (χ2n) is 5.04. The molecular formula is C14H16ClN5. The molecule has 0 fully saturated rings. The molecule has 20 heavy (non-hydrogen) atoms. The highest BCUT2D eigenvalue weighted by Crippen LogP contribution is 2.32. The number of nitrogens with one attached hydrogen (secondary N) is 1. The molecule has 2 aromatic rings. The highest BCUT2D eigenvalue weighted by atomic mass is 35.5. The van der Waals surface area contributed by atoms with Gasteiger partial charge in [-0.2, -0.15) is 0 Å². The van der Waals surface area contributed by atoms with Gasteiger partial charge in [-0.25, -0.2) is 4.98 Å². The summed E-state index contributed by atoms with van der Waals surface area (Å²) in [6.07, 6.45) is 1.79. The molecule has 0 aromatic carbocycles. The van der Waals surface area contributed by atoms with Gasteiger partial charge in [-0.15, -0.1) is 0 Å². The van der Waals surface area contributed by atoms with E-state index in [9.17, 15) is 0 Å². The minimum Gasteiger partial charge on any atom is -0.384 e. The molecule has 2 aromatic heterocycles. The van der Waals surface area contributed by atoms with Crippen molar-refractivity contribution in [2.45, 2.75) is 25.4 Å². The van der Waals surface area contributed by atoms with Crippen LogP contribution in [-0.2, 0) is 0 Å². The zero-order chi connectivity index (χ0) is 14.3. The van der Waals surface area contributed by atoms with Gasteiger partial charge in [-0.1, -0.05) is 31.5 Å². The van der Waals surface area contributed by atoms with Crippen molar-refractivity contribution in [3.8, 4) is 5.82 Å². The normalized spacial score (nSPS) is 17.1. The summed E-state index contributed by atoms with van der Waals surface area (Å²) in [5.41, 5.74) is 7.48. The van der Waals surface area contributed by atoms with Crippen LogP contribution in [0, 0.1) is 0 Å². The van der Waals surface area contributed by atoms with Crippen LogP contribution in [0.1, 0.15) is 31.0 Å². The fourth-order valence-corrected chi connectivity index (χ4v) is 2.49. The fraction of sp³-hybridized carbons (Fsp3) is 0.286. The van der Waals surface area contributed by atoms with Crippen molar-refractivity contribution in [1.29, 1.82) is 0 Å². The molecule has 0 radical (unpaired) electrons. The second-order valence-corrected chi connectivity index (χ2v) is 5.46. The SMILES string of the molecule is CC(C)c1cc2c(n1-c1cccc(N)n1)NC(Cl)N=C2. The minimum absolute atomic E-state index is 0.341. The number of hydrogen-bond donors (Lipinski definition) is 2. The van der Waals surface area contributed by atoms with Crippen LogP contribution >= 0.6 is 11.6 Å². The average Bonchev–Trinajstić information content (AvgIpc) is 2.77.